The van der Waals surface area contributed by atoms with Crippen molar-refractivity contribution in [2.24, 2.45) is 0 Å². The van der Waals surface area contributed by atoms with Crippen LogP contribution in [0.3, 0.4) is 0 Å². The van der Waals surface area contributed by atoms with Crippen molar-refractivity contribution in [1.82, 2.24) is 4.40 Å². The molecule has 0 spiro atoms. The minimum absolute atomic E-state index is 0.768. The first-order chi connectivity index (χ1) is 10.3. The molecule has 3 heteroatoms. The van der Waals surface area contributed by atoms with E-state index in [1.807, 2.05) is 18.2 Å². The fourth-order valence-electron chi connectivity index (χ4n) is 2.80. The van der Waals surface area contributed by atoms with Crippen molar-refractivity contribution in [3.05, 3.63) is 83.8 Å². The zero-order chi connectivity index (χ0) is 14.2. The maximum Gasteiger partial charge on any atom is 0.294 e. The molecule has 2 aromatic heterocycles. The Morgan fingerprint density at radius 2 is 1.71 bits per heavy atom. The molecule has 2 aromatic carbocycles. The average Bonchev–Trinajstić information content (AvgIpc) is 2.93. The fourth-order valence-corrected chi connectivity index (χ4v) is 3.00. The standard InChI is InChI=1S/C18H14ClN2/c19-17-8-4-2-6-15(17)13-21-12-11-20-10-9-14-5-1-3-7-16(14)18(20)21/h1-12H,13H2/q+1. The summed E-state index contributed by atoms with van der Waals surface area (Å²) in [4.78, 5) is 0. The summed E-state index contributed by atoms with van der Waals surface area (Å²) in [5.74, 6) is 0. The fraction of sp³-hybridized carbons (Fsp3) is 0.0556. The van der Waals surface area contributed by atoms with Crippen molar-refractivity contribution < 1.29 is 4.57 Å². The quantitative estimate of drug-likeness (QED) is 0.492. The Balaban J connectivity index is 1.93. The Bertz CT molecular complexity index is 940. The lowest BCUT2D eigenvalue weighted by atomic mass is 10.1. The summed E-state index contributed by atoms with van der Waals surface area (Å²) >= 11 is 6.29. The van der Waals surface area contributed by atoms with Crippen LogP contribution in [0.15, 0.2) is 73.2 Å². The van der Waals surface area contributed by atoms with E-state index in [-0.39, 0.29) is 0 Å². The van der Waals surface area contributed by atoms with E-state index in [1.54, 1.807) is 0 Å². The van der Waals surface area contributed by atoms with Crippen molar-refractivity contribution >= 4 is 28.0 Å². The number of rotatable bonds is 2. The van der Waals surface area contributed by atoms with Crippen LogP contribution in [0.5, 0.6) is 0 Å². The highest BCUT2D eigenvalue weighted by molar-refractivity contribution is 6.31. The zero-order valence-corrected chi connectivity index (χ0v) is 12.2. The first-order valence-corrected chi connectivity index (χ1v) is 7.32. The van der Waals surface area contributed by atoms with Crippen LogP contribution >= 0.6 is 11.6 Å². The van der Waals surface area contributed by atoms with Gasteiger partial charge in [0.25, 0.3) is 5.65 Å². The number of halogens is 1. The van der Waals surface area contributed by atoms with E-state index in [0.717, 1.165) is 17.1 Å². The van der Waals surface area contributed by atoms with Crippen LogP contribution in [0.25, 0.3) is 16.4 Å². The van der Waals surface area contributed by atoms with Crippen LogP contribution in [-0.4, -0.2) is 4.40 Å². The molecule has 2 nitrogen and oxygen atoms in total. The van der Waals surface area contributed by atoms with E-state index in [0.29, 0.717) is 0 Å². The van der Waals surface area contributed by atoms with E-state index in [9.17, 15) is 0 Å². The van der Waals surface area contributed by atoms with Crippen LogP contribution < -0.4 is 4.57 Å². The predicted octanol–water partition coefficient (Wildman–Crippen LogP) is 4.08. The van der Waals surface area contributed by atoms with Crippen molar-refractivity contribution in [3.63, 3.8) is 0 Å². The van der Waals surface area contributed by atoms with Crippen LogP contribution in [0.1, 0.15) is 5.56 Å². The average molecular weight is 294 g/mol. The Morgan fingerprint density at radius 1 is 0.905 bits per heavy atom. The summed E-state index contributed by atoms with van der Waals surface area (Å²) < 4.78 is 4.39. The third kappa shape index (κ3) is 2.08. The second-order valence-electron chi connectivity index (χ2n) is 5.15. The van der Waals surface area contributed by atoms with Gasteiger partial charge in [-0.15, -0.1) is 0 Å². The molecule has 0 radical (unpaired) electrons. The van der Waals surface area contributed by atoms with Crippen LogP contribution in [0.4, 0.5) is 0 Å². The van der Waals surface area contributed by atoms with Crippen LogP contribution in [0, 0.1) is 0 Å². The molecule has 0 aliphatic carbocycles. The maximum absolute atomic E-state index is 6.29. The maximum atomic E-state index is 6.29. The summed E-state index contributed by atoms with van der Waals surface area (Å²) in [5.41, 5.74) is 2.32. The molecular weight excluding hydrogens is 280 g/mol. The van der Waals surface area contributed by atoms with Gasteiger partial charge < -0.3 is 0 Å². The van der Waals surface area contributed by atoms with Crippen LogP contribution in [0.2, 0.25) is 5.02 Å². The van der Waals surface area contributed by atoms with Gasteiger partial charge in [-0.25, -0.2) is 8.97 Å². The van der Waals surface area contributed by atoms with Gasteiger partial charge in [-0.2, -0.15) is 0 Å². The lowest BCUT2D eigenvalue weighted by Crippen LogP contribution is -2.33. The highest BCUT2D eigenvalue weighted by Crippen LogP contribution is 2.19. The third-order valence-electron chi connectivity index (χ3n) is 3.84. The number of fused-ring (bicyclic) bond motifs is 3. The smallest absolute Gasteiger partial charge is 0.225 e. The molecule has 0 fully saturated rings. The van der Waals surface area contributed by atoms with Crippen LogP contribution in [-0.2, 0) is 6.54 Å². The van der Waals surface area contributed by atoms with Gasteiger partial charge in [-0.3, -0.25) is 0 Å². The summed E-state index contributed by atoms with van der Waals surface area (Å²) in [6.07, 6.45) is 6.28. The number of hydrogen-bond donors (Lipinski definition) is 0. The van der Waals surface area contributed by atoms with Gasteiger partial charge >= 0.3 is 0 Å². The molecule has 0 unspecified atom stereocenters. The minimum atomic E-state index is 0.768. The molecule has 0 amide bonds. The second-order valence-corrected chi connectivity index (χ2v) is 5.56. The van der Waals surface area contributed by atoms with Gasteiger partial charge in [0.2, 0.25) is 0 Å². The molecule has 21 heavy (non-hydrogen) atoms. The SMILES string of the molecule is Clc1ccccc1C[n+]1ccn2ccc3ccccc3c21. The Morgan fingerprint density at radius 3 is 2.62 bits per heavy atom. The molecule has 102 valence electrons. The van der Waals surface area contributed by atoms with Gasteiger partial charge in [0, 0.05) is 10.6 Å². The Labute approximate surface area is 127 Å². The number of hydrogen-bond acceptors (Lipinski definition) is 0. The monoisotopic (exact) mass is 293 g/mol. The summed E-state index contributed by atoms with van der Waals surface area (Å²) in [6, 6.07) is 18.6. The van der Waals surface area contributed by atoms with Gasteiger partial charge in [0.15, 0.2) is 0 Å². The first-order valence-electron chi connectivity index (χ1n) is 6.94. The van der Waals surface area contributed by atoms with E-state index in [1.165, 1.54) is 16.4 Å². The van der Waals surface area contributed by atoms with Gasteiger partial charge in [0.05, 0.1) is 11.6 Å². The highest BCUT2D eigenvalue weighted by atomic mass is 35.5. The van der Waals surface area contributed by atoms with Gasteiger partial charge in [0.1, 0.15) is 18.9 Å². The number of imidazole rings is 1. The number of aromatic nitrogens is 2. The molecule has 0 aliphatic rings. The summed E-state index contributed by atoms with van der Waals surface area (Å²) in [5, 5.41) is 3.30. The first kappa shape index (κ1) is 12.4. The minimum Gasteiger partial charge on any atom is -0.225 e. The van der Waals surface area contributed by atoms with Crippen molar-refractivity contribution in [3.8, 4) is 0 Å². The van der Waals surface area contributed by atoms with E-state index >= 15 is 0 Å². The normalized spacial score (nSPS) is 11.3. The molecule has 0 aliphatic heterocycles. The molecule has 0 atom stereocenters. The van der Waals surface area contributed by atoms with E-state index in [4.69, 9.17) is 11.6 Å². The highest BCUT2D eigenvalue weighted by Gasteiger charge is 2.14. The molecule has 0 bridgehead atoms. The topological polar surface area (TPSA) is 8.29 Å². The summed E-state index contributed by atoms with van der Waals surface area (Å²) in [6.45, 7) is 0.768. The van der Waals surface area contributed by atoms with Gasteiger partial charge in [-0.1, -0.05) is 48.0 Å². The van der Waals surface area contributed by atoms with Gasteiger partial charge in [-0.05, 0) is 23.6 Å². The third-order valence-corrected chi connectivity index (χ3v) is 4.21. The largest absolute Gasteiger partial charge is 0.294 e. The van der Waals surface area contributed by atoms with Crippen molar-refractivity contribution in [2.45, 2.75) is 6.54 Å². The van der Waals surface area contributed by atoms with Crippen molar-refractivity contribution in [2.75, 3.05) is 0 Å². The molecule has 0 N–H and O–H groups in total. The molecule has 0 saturated carbocycles. The zero-order valence-electron chi connectivity index (χ0n) is 11.4. The number of nitrogens with zero attached hydrogens (tertiary/aromatic N) is 2. The Kier molecular flexibility index (Phi) is 2.90. The lowest BCUT2D eigenvalue weighted by Gasteiger charge is -2.03. The van der Waals surface area contributed by atoms with E-state index < -0.39 is 0 Å². The molecule has 4 aromatic rings. The number of pyridine rings is 1. The molecular formula is C18H14ClN2+. The van der Waals surface area contributed by atoms with Crippen molar-refractivity contribution in [1.29, 1.82) is 0 Å². The summed E-state index contributed by atoms with van der Waals surface area (Å²) in [7, 11) is 0. The molecule has 4 rings (SSSR count). The molecule has 0 saturated heterocycles. The second kappa shape index (κ2) is 4.90. The lowest BCUT2D eigenvalue weighted by molar-refractivity contribution is -0.661. The Hall–Kier alpha value is -2.32. The predicted molar refractivity (Wildman–Crippen MR) is 85.7 cm³/mol. The van der Waals surface area contributed by atoms with E-state index in [2.05, 4.69) is 64.0 Å². The molecule has 2 heterocycles. The number of benzene rings is 2.